The van der Waals surface area contributed by atoms with Crippen LogP contribution < -0.4 is 21.7 Å². The van der Waals surface area contributed by atoms with Crippen LogP contribution in [-0.2, 0) is 28.7 Å². The van der Waals surface area contributed by atoms with E-state index in [-0.39, 0.29) is 18.3 Å². The number of hydrogen-bond acceptors (Lipinski definition) is 10. The van der Waals surface area contributed by atoms with Crippen LogP contribution in [0.5, 0.6) is 0 Å². The molecule has 0 spiro atoms. The van der Waals surface area contributed by atoms with Gasteiger partial charge >= 0.3 is 5.97 Å². The summed E-state index contributed by atoms with van der Waals surface area (Å²) in [5, 5.41) is 44.9. The third kappa shape index (κ3) is 10.6. The molecule has 9 N–H and O–H groups in total. The number of amides is 4. The van der Waals surface area contributed by atoms with Gasteiger partial charge in [0.15, 0.2) is 0 Å². The number of aldehydes is 1. The predicted octanol–water partition coefficient (Wildman–Crippen LogP) is -3.58. The average molecular weight is 541 g/mol. The van der Waals surface area contributed by atoms with Crippen LogP contribution in [0.25, 0.3) is 0 Å². The molecule has 0 aliphatic heterocycles. The van der Waals surface area contributed by atoms with Crippen molar-refractivity contribution in [2.24, 2.45) is 5.73 Å². The molecule has 2 unspecified atom stereocenters. The summed E-state index contributed by atoms with van der Waals surface area (Å²) in [4.78, 5) is 71.0. The summed E-state index contributed by atoms with van der Waals surface area (Å²) in [6, 6.07) is 3.61. The number of ether oxygens (including phenoxy) is 1. The van der Waals surface area contributed by atoms with Crippen molar-refractivity contribution in [2.75, 3.05) is 13.2 Å². The van der Waals surface area contributed by atoms with Crippen LogP contribution in [0.2, 0.25) is 0 Å². The first-order valence-corrected chi connectivity index (χ1v) is 11.4. The second-order valence-corrected chi connectivity index (χ2v) is 8.20. The Morgan fingerprint density at radius 2 is 1.68 bits per heavy atom. The minimum absolute atomic E-state index is 0.172. The Bertz CT molecular complexity index is 975. The molecular formula is C23H32N4O11. The highest BCUT2D eigenvalue weighted by Crippen LogP contribution is 2.11. The SMILES string of the molecule is CC(NC(=O)CO[C@@H]([C@H](O)[C@H](O)CO)[C@H](C=O)NC(=O)c1ccccc1)C(=O)NC(CCC(=O)O)C(N)=O. The topological polar surface area (TPSA) is 255 Å². The van der Waals surface area contributed by atoms with Gasteiger partial charge in [-0.15, -0.1) is 0 Å². The number of benzene rings is 1. The Morgan fingerprint density at radius 3 is 2.21 bits per heavy atom. The van der Waals surface area contributed by atoms with E-state index in [4.69, 9.17) is 15.6 Å². The molecule has 0 heterocycles. The van der Waals surface area contributed by atoms with Crippen molar-refractivity contribution in [2.45, 2.75) is 56.2 Å². The first-order valence-electron chi connectivity index (χ1n) is 11.4. The molecule has 15 heteroatoms. The maximum Gasteiger partial charge on any atom is 0.303 e. The lowest BCUT2D eigenvalue weighted by Gasteiger charge is -2.30. The molecule has 0 fully saturated rings. The summed E-state index contributed by atoms with van der Waals surface area (Å²) in [7, 11) is 0. The number of nitrogens with two attached hydrogens (primary N) is 1. The van der Waals surface area contributed by atoms with Gasteiger partial charge in [-0.3, -0.25) is 24.0 Å². The average Bonchev–Trinajstić information content (AvgIpc) is 2.89. The van der Waals surface area contributed by atoms with Crippen LogP contribution in [0.4, 0.5) is 0 Å². The van der Waals surface area contributed by atoms with Crippen molar-refractivity contribution in [1.82, 2.24) is 16.0 Å². The maximum absolute atomic E-state index is 12.5. The van der Waals surface area contributed by atoms with E-state index < -0.39 is 85.7 Å². The van der Waals surface area contributed by atoms with E-state index in [1.807, 2.05) is 0 Å². The van der Waals surface area contributed by atoms with Gasteiger partial charge in [-0.25, -0.2) is 0 Å². The summed E-state index contributed by atoms with van der Waals surface area (Å²) in [6.07, 6.45) is -5.88. The molecule has 4 amide bonds. The number of carboxylic acids is 1. The quantitative estimate of drug-likeness (QED) is 0.0896. The second-order valence-electron chi connectivity index (χ2n) is 8.20. The molecule has 15 nitrogen and oxygen atoms in total. The summed E-state index contributed by atoms with van der Waals surface area (Å²) >= 11 is 0. The van der Waals surface area contributed by atoms with E-state index in [2.05, 4.69) is 16.0 Å². The summed E-state index contributed by atoms with van der Waals surface area (Å²) in [6.45, 7) is -0.536. The molecule has 6 atom stereocenters. The van der Waals surface area contributed by atoms with Gasteiger partial charge in [0, 0.05) is 12.0 Å². The Labute approximate surface area is 217 Å². The molecule has 0 aliphatic carbocycles. The number of aliphatic hydroxyl groups excluding tert-OH is 3. The molecule has 1 aromatic rings. The number of carbonyl (C=O) groups excluding carboxylic acids is 5. The monoisotopic (exact) mass is 540 g/mol. The largest absolute Gasteiger partial charge is 0.481 e. The lowest BCUT2D eigenvalue weighted by Crippen LogP contribution is -2.56. The zero-order chi connectivity index (χ0) is 28.8. The highest BCUT2D eigenvalue weighted by molar-refractivity contribution is 5.95. The molecule has 0 radical (unpaired) electrons. The molecule has 1 rings (SSSR count). The van der Waals surface area contributed by atoms with E-state index in [1.54, 1.807) is 18.2 Å². The maximum atomic E-state index is 12.5. The molecular weight excluding hydrogens is 508 g/mol. The van der Waals surface area contributed by atoms with Gasteiger partial charge in [-0.2, -0.15) is 0 Å². The minimum Gasteiger partial charge on any atom is -0.481 e. The van der Waals surface area contributed by atoms with E-state index in [1.165, 1.54) is 19.1 Å². The third-order valence-electron chi connectivity index (χ3n) is 5.24. The van der Waals surface area contributed by atoms with E-state index in [0.29, 0.717) is 0 Å². The van der Waals surface area contributed by atoms with Crippen LogP contribution in [0.3, 0.4) is 0 Å². The molecule has 0 saturated heterocycles. The smallest absolute Gasteiger partial charge is 0.303 e. The van der Waals surface area contributed by atoms with Crippen LogP contribution in [-0.4, -0.2) is 106 Å². The zero-order valence-corrected chi connectivity index (χ0v) is 20.5. The highest BCUT2D eigenvalue weighted by Gasteiger charge is 2.35. The first-order chi connectivity index (χ1) is 17.9. The Hall–Kier alpha value is -3.92. The zero-order valence-electron chi connectivity index (χ0n) is 20.5. The van der Waals surface area contributed by atoms with Crippen molar-refractivity contribution in [3.05, 3.63) is 35.9 Å². The highest BCUT2D eigenvalue weighted by atomic mass is 16.5. The van der Waals surface area contributed by atoms with Gasteiger partial charge in [0.05, 0.1) is 6.61 Å². The Morgan fingerprint density at radius 1 is 1.05 bits per heavy atom. The van der Waals surface area contributed by atoms with Gasteiger partial charge < -0.3 is 51.6 Å². The number of carboxylic acid groups (broad SMARTS) is 1. The standard InChI is InChI=1S/C23H32N4O11/c1-12(22(36)26-14(21(24)35)7-8-18(32)33)25-17(31)11-38-20(19(34)16(30)10-29)15(9-28)27-23(37)13-5-3-2-4-6-13/h2-6,9,12,14-16,19-20,29-30,34H,7-8,10-11H2,1H3,(H2,24,35)(H,25,31)(H,26,36)(H,27,37)(H,32,33)/t12?,14?,15-,16+,19+,20+/m0/s1. The van der Waals surface area contributed by atoms with Crippen molar-refractivity contribution < 1.29 is 53.9 Å². The van der Waals surface area contributed by atoms with Gasteiger partial charge in [0.25, 0.3) is 5.91 Å². The summed E-state index contributed by atoms with van der Waals surface area (Å²) in [5.41, 5.74) is 5.33. The lowest BCUT2D eigenvalue weighted by molar-refractivity contribution is -0.144. The summed E-state index contributed by atoms with van der Waals surface area (Å²) < 4.78 is 5.29. The Kier molecular flexibility index (Phi) is 13.5. The van der Waals surface area contributed by atoms with Crippen molar-refractivity contribution in [1.29, 1.82) is 0 Å². The second kappa shape index (κ2) is 16.0. The number of hydrogen-bond donors (Lipinski definition) is 8. The molecule has 1 aromatic carbocycles. The molecule has 210 valence electrons. The molecule has 0 bridgehead atoms. The summed E-state index contributed by atoms with van der Waals surface area (Å²) in [5.74, 6) is -4.69. The van der Waals surface area contributed by atoms with Crippen LogP contribution in [0.1, 0.15) is 30.1 Å². The van der Waals surface area contributed by atoms with Crippen molar-refractivity contribution in [3.8, 4) is 0 Å². The van der Waals surface area contributed by atoms with Crippen LogP contribution >= 0.6 is 0 Å². The normalized spacial score (nSPS) is 15.6. The van der Waals surface area contributed by atoms with Crippen LogP contribution in [0.15, 0.2) is 30.3 Å². The fraction of sp³-hybridized carbons (Fsp3) is 0.478. The van der Waals surface area contributed by atoms with Gasteiger partial charge in [0.2, 0.25) is 17.7 Å². The number of aliphatic hydroxyl groups is 3. The number of aliphatic carboxylic acids is 1. The number of rotatable bonds is 17. The minimum atomic E-state index is -1.91. The third-order valence-corrected chi connectivity index (χ3v) is 5.24. The van der Waals surface area contributed by atoms with Crippen molar-refractivity contribution in [3.63, 3.8) is 0 Å². The number of carbonyl (C=O) groups is 6. The van der Waals surface area contributed by atoms with E-state index >= 15 is 0 Å². The molecule has 0 aliphatic rings. The first kappa shape index (κ1) is 32.1. The van der Waals surface area contributed by atoms with Crippen LogP contribution in [0, 0.1) is 0 Å². The van der Waals surface area contributed by atoms with Gasteiger partial charge in [0.1, 0.15) is 49.3 Å². The lowest BCUT2D eigenvalue weighted by atomic mass is 10.0. The fourth-order valence-corrected chi connectivity index (χ4v) is 3.13. The number of nitrogens with one attached hydrogen (secondary N) is 3. The van der Waals surface area contributed by atoms with Gasteiger partial charge in [-0.05, 0) is 25.5 Å². The molecule has 0 aromatic heterocycles. The Balaban J connectivity index is 2.84. The molecule has 0 saturated carbocycles. The van der Waals surface area contributed by atoms with Crippen molar-refractivity contribution >= 4 is 35.9 Å². The molecule has 38 heavy (non-hydrogen) atoms. The fourth-order valence-electron chi connectivity index (χ4n) is 3.13. The van der Waals surface area contributed by atoms with E-state index in [0.717, 1.165) is 0 Å². The number of primary amides is 1. The van der Waals surface area contributed by atoms with E-state index in [9.17, 15) is 44.1 Å². The van der Waals surface area contributed by atoms with Gasteiger partial charge in [-0.1, -0.05) is 18.2 Å². The predicted molar refractivity (Wildman–Crippen MR) is 128 cm³/mol.